The Morgan fingerprint density at radius 3 is 2.65 bits per heavy atom. The molecule has 0 unspecified atom stereocenters. The second kappa shape index (κ2) is 7.82. The van der Waals surface area contributed by atoms with Crippen molar-refractivity contribution in [1.82, 2.24) is 20.6 Å². The first-order valence-corrected chi connectivity index (χ1v) is 6.28. The van der Waals surface area contributed by atoms with E-state index in [2.05, 4.69) is 32.5 Å². The standard InChI is InChI=1S/C12H20N6O2/c1-8-7-10(19)17-11(16-8)18-12(20)15-6-4-3-5-14-9(2)13/h7,14H,2-6,13H2,1H3,(H3,15,16,17,18,19,20). The SMILES string of the molecule is C=C(N)NCCCCNC(=O)Nc1nc(C)cc(=O)[nH]1. The van der Waals surface area contributed by atoms with Crippen molar-refractivity contribution in [2.75, 3.05) is 18.4 Å². The van der Waals surface area contributed by atoms with Crippen LogP contribution < -0.4 is 27.2 Å². The quantitative estimate of drug-likeness (QED) is 0.450. The summed E-state index contributed by atoms with van der Waals surface area (Å²) in [6, 6.07) is 0.941. The molecule has 1 aromatic rings. The van der Waals surface area contributed by atoms with Crippen molar-refractivity contribution in [2.45, 2.75) is 19.8 Å². The molecule has 0 radical (unpaired) electrons. The fraction of sp³-hybridized carbons (Fsp3) is 0.417. The molecule has 6 N–H and O–H groups in total. The molecule has 0 aliphatic heterocycles. The van der Waals surface area contributed by atoms with Gasteiger partial charge in [-0.3, -0.25) is 15.1 Å². The molecule has 0 spiro atoms. The minimum Gasteiger partial charge on any atom is -0.386 e. The number of H-pyrrole nitrogens is 1. The van der Waals surface area contributed by atoms with Gasteiger partial charge < -0.3 is 16.4 Å². The van der Waals surface area contributed by atoms with E-state index in [0.717, 1.165) is 12.8 Å². The smallest absolute Gasteiger partial charge is 0.321 e. The number of aryl methyl sites for hydroxylation is 1. The molecule has 1 rings (SSSR count). The van der Waals surface area contributed by atoms with E-state index in [9.17, 15) is 9.59 Å². The molecule has 1 aromatic heterocycles. The largest absolute Gasteiger partial charge is 0.386 e. The molecule has 0 aromatic carbocycles. The molecule has 8 heteroatoms. The van der Waals surface area contributed by atoms with Crippen LogP contribution in [0.3, 0.4) is 0 Å². The normalized spacial score (nSPS) is 9.85. The lowest BCUT2D eigenvalue weighted by molar-refractivity contribution is 0.251. The van der Waals surface area contributed by atoms with Crippen LogP contribution in [0.25, 0.3) is 0 Å². The molecule has 8 nitrogen and oxygen atoms in total. The number of hydrogen-bond donors (Lipinski definition) is 5. The molecule has 0 saturated heterocycles. The topological polar surface area (TPSA) is 125 Å². The molecule has 0 saturated carbocycles. The molecule has 2 amide bonds. The summed E-state index contributed by atoms with van der Waals surface area (Å²) in [5.74, 6) is 0.568. The molecule has 0 atom stereocenters. The van der Waals surface area contributed by atoms with Gasteiger partial charge in [-0.15, -0.1) is 0 Å². The predicted octanol–water partition coefficient (Wildman–Crippen LogP) is -0.000480. The predicted molar refractivity (Wildman–Crippen MR) is 77.2 cm³/mol. The number of rotatable bonds is 7. The molecule has 0 fully saturated rings. The van der Waals surface area contributed by atoms with Crippen LogP contribution in [0, 0.1) is 6.92 Å². The summed E-state index contributed by atoms with van der Waals surface area (Å²) >= 11 is 0. The minimum absolute atomic E-state index is 0.133. The Kier molecular flexibility index (Phi) is 6.08. The molecular formula is C12H20N6O2. The van der Waals surface area contributed by atoms with E-state index in [1.807, 2.05) is 0 Å². The van der Waals surface area contributed by atoms with Crippen molar-refractivity contribution in [3.8, 4) is 0 Å². The number of nitrogens with one attached hydrogen (secondary N) is 4. The van der Waals surface area contributed by atoms with Gasteiger partial charge in [-0.1, -0.05) is 6.58 Å². The zero-order valence-electron chi connectivity index (χ0n) is 11.5. The number of aromatic nitrogens is 2. The number of unbranched alkanes of at least 4 members (excludes halogenated alkanes) is 1. The minimum atomic E-state index is -0.407. The molecule has 1 heterocycles. The van der Waals surface area contributed by atoms with Gasteiger partial charge in [-0.2, -0.15) is 0 Å². The third-order valence-electron chi connectivity index (χ3n) is 2.34. The molecule has 20 heavy (non-hydrogen) atoms. The highest BCUT2D eigenvalue weighted by Crippen LogP contribution is 1.95. The highest BCUT2D eigenvalue weighted by molar-refractivity contribution is 5.87. The zero-order chi connectivity index (χ0) is 15.0. The molecular weight excluding hydrogens is 260 g/mol. The van der Waals surface area contributed by atoms with E-state index in [0.29, 0.717) is 24.6 Å². The lowest BCUT2D eigenvalue weighted by Crippen LogP contribution is -2.31. The third-order valence-corrected chi connectivity index (χ3v) is 2.34. The number of amides is 2. The first-order valence-electron chi connectivity index (χ1n) is 6.28. The Morgan fingerprint density at radius 2 is 2.05 bits per heavy atom. The van der Waals surface area contributed by atoms with Gasteiger partial charge in [-0.25, -0.2) is 9.78 Å². The Hall–Kier alpha value is -2.51. The van der Waals surface area contributed by atoms with Crippen LogP contribution >= 0.6 is 0 Å². The Balaban J connectivity index is 2.23. The van der Waals surface area contributed by atoms with Gasteiger partial charge in [0.05, 0.1) is 5.82 Å². The second-order valence-corrected chi connectivity index (χ2v) is 4.28. The summed E-state index contributed by atoms with van der Waals surface area (Å²) in [4.78, 5) is 29.2. The van der Waals surface area contributed by atoms with Gasteiger partial charge in [0, 0.05) is 24.8 Å². The molecule has 0 aliphatic carbocycles. The summed E-state index contributed by atoms with van der Waals surface area (Å²) in [6.07, 6.45) is 1.65. The van der Waals surface area contributed by atoms with Gasteiger partial charge in [0.2, 0.25) is 5.95 Å². The maximum Gasteiger partial charge on any atom is 0.321 e. The number of carbonyl (C=O) groups excluding carboxylic acids is 1. The van der Waals surface area contributed by atoms with E-state index < -0.39 is 6.03 Å². The average Bonchev–Trinajstić information content (AvgIpc) is 2.31. The number of nitrogens with zero attached hydrogens (tertiary/aromatic N) is 1. The number of anilines is 1. The number of nitrogens with two attached hydrogens (primary N) is 1. The Bertz CT molecular complexity index is 525. The summed E-state index contributed by atoms with van der Waals surface area (Å²) < 4.78 is 0. The molecule has 0 bridgehead atoms. The maximum atomic E-state index is 11.5. The van der Waals surface area contributed by atoms with Crippen molar-refractivity contribution in [1.29, 1.82) is 0 Å². The summed E-state index contributed by atoms with van der Waals surface area (Å²) in [5, 5.41) is 8.02. The van der Waals surface area contributed by atoms with Crippen LogP contribution in [0.5, 0.6) is 0 Å². The van der Waals surface area contributed by atoms with Crippen LogP contribution in [0.1, 0.15) is 18.5 Å². The van der Waals surface area contributed by atoms with Crippen LogP contribution in [-0.4, -0.2) is 29.1 Å². The van der Waals surface area contributed by atoms with Crippen LogP contribution in [0.2, 0.25) is 0 Å². The fourth-order valence-corrected chi connectivity index (χ4v) is 1.49. The van der Waals surface area contributed by atoms with Crippen molar-refractivity contribution in [3.05, 3.63) is 34.5 Å². The monoisotopic (exact) mass is 280 g/mol. The second-order valence-electron chi connectivity index (χ2n) is 4.28. The van der Waals surface area contributed by atoms with E-state index in [1.54, 1.807) is 6.92 Å². The highest BCUT2D eigenvalue weighted by atomic mass is 16.2. The van der Waals surface area contributed by atoms with E-state index in [1.165, 1.54) is 6.07 Å². The zero-order valence-corrected chi connectivity index (χ0v) is 11.5. The first-order chi connectivity index (χ1) is 9.47. The number of hydrogen-bond acceptors (Lipinski definition) is 5. The van der Waals surface area contributed by atoms with Crippen LogP contribution in [0.4, 0.5) is 10.7 Å². The highest BCUT2D eigenvalue weighted by Gasteiger charge is 2.03. The summed E-state index contributed by atoms with van der Waals surface area (Å²) in [5.41, 5.74) is 5.58. The number of aromatic amines is 1. The van der Waals surface area contributed by atoms with Crippen molar-refractivity contribution >= 4 is 12.0 Å². The van der Waals surface area contributed by atoms with Crippen LogP contribution in [0.15, 0.2) is 23.3 Å². The van der Waals surface area contributed by atoms with Gasteiger partial charge in [-0.05, 0) is 19.8 Å². The first kappa shape index (κ1) is 15.5. The lowest BCUT2D eigenvalue weighted by atomic mass is 10.3. The van der Waals surface area contributed by atoms with E-state index >= 15 is 0 Å². The summed E-state index contributed by atoms with van der Waals surface area (Å²) in [6.45, 7) is 6.42. The molecule has 0 aliphatic rings. The maximum absolute atomic E-state index is 11.5. The number of urea groups is 1. The summed E-state index contributed by atoms with van der Waals surface area (Å²) in [7, 11) is 0. The van der Waals surface area contributed by atoms with Gasteiger partial charge in [0.15, 0.2) is 0 Å². The number of carbonyl (C=O) groups is 1. The van der Waals surface area contributed by atoms with Gasteiger partial charge in [0.1, 0.15) is 0 Å². The Morgan fingerprint density at radius 1 is 1.40 bits per heavy atom. The van der Waals surface area contributed by atoms with Crippen LogP contribution in [-0.2, 0) is 0 Å². The van der Waals surface area contributed by atoms with Gasteiger partial charge in [0.25, 0.3) is 5.56 Å². The van der Waals surface area contributed by atoms with E-state index in [-0.39, 0.29) is 11.5 Å². The lowest BCUT2D eigenvalue weighted by Gasteiger charge is -2.07. The third kappa shape index (κ3) is 6.43. The Labute approximate surface area is 116 Å². The van der Waals surface area contributed by atoms with Crippen molar-refractivity contribution in [2.24, 2.45) is 5.73 Å². The van der Waals surface area contributed by atoms with Crippen molar-refractivity contribution in [3.63, 3.8) is 0 Å². The van der Waals surface area contributed by atoms with Crippen molar-refractivity contribution < 1.29 is 4.79 Å². The molecule has 110 valence electrons. The fourth-order valence-electron chi connectivity index (χ4n) is 1.49. The average molecular weight is 280 g/mol. The van der Waals surface area contributed by atoms with E-state index in [4.69, 9.17) is 5.73 Å². The van der Waals surface area contributed by atoms with Gasteiger partial charge >= 0.3 is 6.03 Å².